The van der Waals surface area contributed by atoms with Crippen LogP contribution in [0.5, 0.6) is 0 Å². The first-order valence-corrected chi connectivity index (χ1v) is 4.87. The number of nitrogens with two attached hydrogens (primary N) is 1. The van der Waals surface area contributed by atoms with Crippen LogP contribution < -0.4 is 11.3 Å². The number of nitrogens with one attached hydrogen (secondary N) is 1. The van der Waals surface area contributed by atoms with Crippen molar-refractivity contribution in [2.75, 3.05) is 6.54 Å². The van der Waals surface area contributed by atoms with Crippen molar-refractivity contribution in [3.63, 3.8) is 0 Å². The minimum absolute atomic E-state index is 0.983. The van der Waals surface area contributed by atoms with Gasteiger partial charge in [0.2, 0.25) is 0 Å². The molecule has 0 aromatic rings. The molecule has 2 nitrogen and oxygen atoms in total. The fraction of sp³-hybridized carbons (Fsp3) is 1.00. The van der Waals surface area contributed by atoms with Gasteiger partial charge < -0.3 is 0 Å². The van der Waals surface area contributed by atoms with Crippen LogP contribution in [0.3, 0.4) is 0 Å². The Labute approximate surface area is 69.5 Å². The van der Waals surface area contributed by atoms with Crippen molar-refractivity contribution in [2.45, 2.75) is 44.9 Å². The van der Waals surface area contributed by atoms with Crippen LogP contribution in [0.2, 0.25) is 0 Å². The normalized spacial score (nSPS) is 20.5. The second-order valence-electron chi connectivity index (χ2n) is 3.60. The zero-order chi connectivity index (χ0) is 7.94. The van der Waals surface area contributed by atoms with Crippen LogP contribution in [0.1, 0.15) is 44.9 Å². The maximum absolute atomic E-state index is 5.19. The van der Waals surface area contributed by atoms with E-state index in [1.54, 1.807) is 0 Å². The molecule has 1 aliphatic rings. The third-order valence-corrected chi connectivity index (χ3v) is 2.66. The molecule has 0 bridgehead atoms. The highest BCUT2D eigenvalue weighted by Crippen LogP contribution is 2.26. The van der Waals surface area contributed by atoms with Gasteiger partial charge in [-0.1, -0.05) is 32.1 Å². The number of hydrazine groups is 1. The molecule has 0 heterocycles. The average Bonchev–Trinajstić information content (AvgIpc) is 2.07. The fourth-order valence-electron chi connectivity index (χ4n) is 1.97. The van der Waals surface area contributed by atoms with Gasteiger partial charge in [-0.15, -0.1) is 0 Å². The van der Waals surface area contributed by atoms with Gasteiger partial charge in [-0.2, -0.15) is 0 Å². The Bertz CT molecular complexity index is 87.6. The monoisotopic (exact) mass is 156 g/mol. The molecule has 0 radical (unpaired) electrons. The second-order valence-corrected chi connectivity index (χ2v) is 3.60. The highest BCUT2D eigenvalue weighted by molar-refractivity contribution is 4.65. The van der Waals surface area contributed by atoms with Crippen molar-refractivity contribution in [2.24, 2.45) is 11.8 Å². The Kier molecular flexibility index (Phi) is 4.55. The van der Waals surface area contributed by atoms with E-state index in [2.05, 4.69) is 5.43 Å². The summed E-state index contributed by atoms with van der Waals surface area (Å²) in [5, 5.41) is 0. The van der Waals surface area contributed by atoms with E-state index in [1.165, 1.54) is 44.9 Å². The molecule has 0 spiro atoms. The maximum Gasteiger partial charge on any atom is 0.00975 e. The van der Waals surface area contributed by atoms with Gasteiger partial charge in [0.1, 0.15) is 0 Å². The summed E-state index contributed by atoms with van der Waals surface area (Å²) in [5.74, 6) is 6.21. The lowest BCUT2D eigenvalue weighted by atomic mass is 9.86. The molecule has 0 aromatic heterocycles. The summed E-state index contributed by atoms with van der Waals surface area (Å²) in [6, 6.07) is 0. The summed E-state index contributed by atoms with van der Waals surface area (Å²) in [7, 11) is 0. The van der Waals surface area contributed by atoms with Gasteiger partial charge in [-0.05, 0) is 18.8 Å². The molecule has 2 heteroatoms. The molecule has 0 saturated heterocycles. The molecule has 0 amide bonds. The zero-order valence-electron chi connectivity index (χ0n) is 7.31. The Morgan fingerprint density at radius 2 is 1.91 bits per heavy atom. The van der Waals surface area contributed by atoms with Crippen molar-refractivity contribution >= 4 is 0 Å². The van der Waals surface area contributed by atoms with Gasteiger partial charge in [0, 0.05) is 6.54 Å². The van der Waals surface area contributed by atoms with E-state index >= 15 is 0 Å². The summed E-state index contributed by atoms with van der Waals surface area (Å²) in [6.45, 7) is 0.983. The summed E-state index contributed by atoms with van der Waals surface area (Å²) in [5.41, 5.74) is 2.71. The van der Waals surface area contributed by atoms with Gasteiger partial charge in [-0.3, -0.25) is 11.3 Å². The third kappa shape index (κ3) is 3.73. The predicted molar refractivity (Wildman–Crippen MR) is 48.0 cm³/mol. The van der Waals surface area contributed by atoms with E-state index in [9.17, 15) is 0 Å². The van der Waals surface area contributed by atoms with Gasteiger partial charge in [0.25, 0.3) is 0 Å². The summed E-state index contributed by atoms with van der Waals surface area (Å²) < 4.78 is 0. The van der Waals surface area contributed by atoms with Crippen molar-refractivity contribution in [3.05, 3.63) is 0 Å². The Hall–Kier alpha value is -0.0800. The fourth-order valence-corrected chi connectivity index (χ4v) is 1.97. The average molecular weight is 156 g/mol. The highest BCUT2D eigenvalue weighted by Gasteiger charge is 2.11. The molecule has 0 unspecified atom stereocenters. The van der Waals surface area contributed by atoms with Crippen molar-refractivity contribution in [1.82, 2.24) is 5.43 Å². The van der Waals surface area contributed by atoms with Crippen LogP contribution >= 0.6 is 0 Å². The SMILES string of the molecule is NNCCCC1CCCCC1. The van der Waals surface area contributed by atoms with Gasteiger partial charge in [0.15, 0.2) is 0 Å². The van der Waals surface area contributed by atoms with E-state index < -0.39 is 0 Å². The van der Waals surface area contributed by atoms with Crippen LogP contribution in [-0.4, -0.2) is 6.54 Å². The standard InChI is InChI=1S/C9H20N2/c10-11-8-4-7-9-5-2-1-3-6-9/h9,11H,1-8,10H2. The minimum Gasteiger partial charge on any atom is -0.271 e. The molecule has 11 heavy (non-hydrogen) atoms. The molecule has 1 rings (SSSR count). The van der Waals surface area contributed by atoms with Crippen molar-refractivity contribution < 1.29 is 0 Å². The third-order valence-electron chi connectivity index (χ3n) is 2.66. The quantitative estimate of drug-likeness (QED) is 0.370. The molecule has 1 saturated carbocycles. The summed E-state index contributed by atoms with van der Waals surface area (Å²) >= 11 is 0. The number of rotatable bonds is 4. The van der Waals surface area contributed by atoms with E-state index in [4.69, 9.17) is 5.84 Å². The lowest BCUT2D eigenvalue weighted by molar-refractivity contribution is 0.331. The van der Waals surface area contributed by atoms with Crippen molar-refractivity contribution in [3.8, 4) is 0 Å². The van der Waals surface area contributed by atoms with Crippen LogP contribution in [0, 0.1) is 5.92 Å². The Morgan fingerprint density at radius 1 is 1.18 bits per heavy atom. The summed E-state index contributed by atoms with van der Waals surface area (Å²) in [4.78, 5) is 0. The molecule has 1 aliphatic carbocycles. The Balaban J connectivity index is 1.96. The van der Waals surface area contributed by atoms with Gasteiger partial charge in [-0.25, -0.2) is 0 Å². The molecule has 0 atom stereocenters. The van der Waals surface area contributed by atoms with Crippen molar-refractivity contribution in [1.29, 1.82) is 0 Å². The summed E-state index contributed by atoms with van der Waals surface area (Å²) in [6.07, 6.45) is 9.94. The molecule has 0 aliphatic heterocycles. The molecular formula is C9H20N2. The molecule has 66 valence electrons. The first-order chi connectivity index (χ1) is 5.43. The van der Waals surface area contributed by atoms with Gasteiger partial charge in [0.05, 0.1) is 0 Å². The smallest absolute Gasteiger partial charge is 0.00975 e. The topological polar surface area (TPSA) is 38.0 Å². The molecule has 1 fully saturated rings. The predicted octanol–water partition coefficient (Wildman–Crippen LogP) is 1.81. The van der Waals surface area contributed by atoms with Crippen LogP contribution in [0.25, 0.3) is 0 Å². The van der Waals surface area contributed by atoms with E-state index in [-0.39, 0.29) is 0 Å². The number of hydrogen-bond donors (Lipinski definition) is 2. The molecule has 0 aromatic carbocycles. The van der Waals surface area contributed by atoms with Crippen LogP contribution in [0.15, 0.2) is 0 Å². The van der Waals surface area contributed by atoms with E-state index in [0.717, 1.165) is 12.5 Å². The minimum atomic E-state index is 0.983. The van der Waals surface area contributed by atoms with E-state index in [1.807, 2.05) is 0 Å². The Morgan fingerprint density at radius 3 is 2.55 bits per heavy atom. The lowest BCUT2D eigenvalue weighted by Gasteiger charge is -2.20. The van der Waals surface area contributed by atoms with Crippen LogP contribution in [0.4, 0.5) is 0 Å². The first-order valence-electron chi connectivity index (χ1n) is 4.87. The highest BCUT2D eigenvalue weighted by atomic mass is 15.2. The zero-order valence-corrected chi connectivity index (χ0v) is 7.31. The first kappa shape index (κ1) is 9.01. The van der Waals surface area contributed by atoms with E-state index in [0.29, 0.717) is 0 Å². The molecular weight excluding hydrogens is 136 g/mol. The second kappa shape index (κ2) is 5.56. The molecule has 3 N–H and O–H groups in total. The number of hydrogen-bond acceptors (Lipinski definition) is 2. The maximum atomic E-state index is 5.19. The lowest BCUT2D eigenvalue weighted by Crippen LogP contribution is -2.23. The van der Waals surface area contributed by atoms with Gasteiger partial charge >= 0.3 is 0 Å². The largest absolute Gasteiger partial charge is 0.271 e. The van der Waals surface area contributed by atoms with Crippen LogP contribution in [-0.2, 0) is 0 Å².